The SMILES string of the molecule is Cc1ccc(-c2c(F)cccc2-c2ccc(C)c(F)c2)cc1. The second kappa shape index (κ2) is 5.72. The average molecular weight is 294 g/mol. The first-order chi connectivity index (χ1) is 10.6. The monoisotopic (exact) mass is 294 g/mol. The van der Waals surface area contributed by atoms with Crippen LogP contribution >= 0.6 is 0 Å². The molecule has 0 saturated carbocycles. The minimum Gasteiger partial charge on any atom is -0.207 e. The summed E-state index contributed by atoms with van der Waals surface area (Å²) in [5.41, 5.74) is 4.37. The number of hydrogen-bond donors (Lipinski definition) is 0. The van der Waals surface area contributed by atoms with E-state index >= 15 is 0 Å². The second-order valence-electron chi connectivity index (χ2n) is 5.49. The van der Waals surface area contributed by atoms with Crippen LogP contribution < -0.4 is 0 Å². The summed E-state index contributed by atoms with van der Waals surface area (Å²) in [6.07, 6.45) is 0. The molecule has 0 fully saturated rings. The molecular weight excluding hydrogens is 278 g/mol. The van der Waals surface area contributed by atoms with Crippen molar-refractivity contribution in [3.05, 3.63) is 83.4 Å². The van der Waals surface area contributed by atoms with E-state index in [1.165, 1.54) is 12.1 Å². The third-order valence-electron chi connectivity index (χ3n) is 3.84. The maximum absolute atomic E-state index is 14.4. The Bertz CT molecular complexity index is 818. The molecule has 0 radical (unpaired) electrons. The smallest absolute Gasteiger partial charge is 0.131 e. The molecule has 0 aliphatic rings. The van der Waals surface area contributed by atoms with Gasteiger partial charge in [0.05, 0.1) is 0 Å². The standard InChI is InChI=1S/C20H16F2/c1-13-6-9-15(10-7-13)20-17(4-3-5-18(20)21)16-11-8-14(2)19(22)12-16/h3-12H,1-2H3. The molecule has 0 N–H and O–H groups in total. The molecular formula is C20H16F2. The van der Waals surface area contributed by atoms with Crippen molar-refractivity contribution >= 4 is 0 Å². The van der Waals surface area contributed by atoms with Gasteiger partial charge >= 0.3 is 0 Å². The Morgan fingerprint density at radius 3 is 2.05 bits per heavy atom. The maximum Gasteiger partial charge on any atom is 0.131 e. The molecule has 0 heterocycles. The number of rotatable bonds is 2. The zero-order valence-electron chi connectivity index (χ0n) is 12.5. The molecule has 0 aromatic heterocycles. The van der Waals surface area contributed by atoms with E-state index < -0.39 is 0 Å². The molecule has 0 saturated heterocycles. The third-order valence-corrected chi connectivity index (χ3v) is 3.84. The Morgan fingerprint density at radius 2 is 1.36 bits per heavy atom. The first-order valence-corrected chi connectivity index (χ1v) is 7.18. The fourth-order valence-electron chi connectivity index (χ4n) is 2.54. The fraction of sp³-hybridized carbons (Fsp3) is 0.100. The minimum absolute atomic E-state index is 0.281. The van der Waals surface area contributed by atoms with Crippen molar-refractivity contribution in [3.63, 3.8) is 0 Å². The van der Waals surface area contributed by atoms with Crippen molar-refractivity contribution in [1.82, 2.24) is 0 Å². The van der Waals surface area contributed by atoms with E-state index in [4.69, 9.17) is 0 Å². The van der Waals surface area contributed by atoms with Crippen LogP contribution in [0, 0.1) is 25.5 Å². The molecule has 3 rings (SSSR count). The molecule has 22 heavy (non-hydrogen) atoms. The van der Waals surface area contributed by atoms with Crippen LogP contribution in [-0.2, 0) is 0 Å². The number of halogens is 2. The van der Waals surface area contributed by atoms with E-state index in [9.17, 15) is 8.78 Å². The van der Waals surface area contributed by atoms with Gasteiger partial charge in [0.25, 0.3) is 0 Å². The van der Waals surface area contributed by atoms with Crippen LogP contribution in [0.25, 0.3) is 22.3 Å². The van der Waals surface area contributed by atoms with Crippen LogP contribution in [-0.4, -0.2) is 0 Å². The Balaban J connectivity index is 2.22. The maximum atomic E-state index is 14.4. The van der Waals surface area contributed by atoms with Crippen LogP contribution in [0.5, 0.6) is 0 Å². The van der Waals surface area contributed by atoms with E-state index in [-0.39, 0.29) is 11.6 Å². The average Bonchev–Trinajstić information content (AvgIpc) is 2.51. The van der Waals surface area contributed by atoms with Gasteiger partial charge in [0.15, 0.2) is 0 Å². The van der Waals surface area contributed by atoms with Gasteiger partial charge in [-0.05, 0) is 48.2 Å². The van der Waals surface area contributed by atoms with E-state index in [1.54, 1.807) is 19.1 Å². The summed E-state index contributed by atoms with van der Waals surface area (Å²) in [6, 6.07) is 17.6. The highest BCUT2D eigenvalue weighted by Crippen LogP contribution is 2.34. The molecule has 3 aromatic rings. The zero-order chi connectivity index (χ0) is 15.7. The zero-order valence-corrected chi connectivity index (χ0v) is 12.5. The van der Waals surface area contributed by atoms with Gasteiger partial charge in [-0.2, -0.15) is 0 Å². The van der Waals surface area contributed by atoms with Crippen molar-refractivity contribution in [2.24, 2.45) is 0 Å². The molecule has 3 aromatic carbocycles. The lowest BCUT2D eigenvalue weighted by atomic mass is 9.93. The normalized spacial score (nSPS) is 10.7. The lowest BCUT2D eigenvalue weighted by Gasteiger charge is -2.12. The summed E-state index contributed by atoms with van der Waals surface area (Å²) < 4.78 is 28.3. The third kappa shape index (κ3) is 2.64. The number of aryl methyl sites for hydroxylation is 2. The largest absolute Gasteiger partial charge is 0.207 e. The summed E-state index contributed by atoms with van der Waals surface area (Å²) in [6.45, 7) is 3.70. The fourth-order valence-corrected chi connectivity index (χ4v) is 2.54. The molecule has 0 amide bonds. The summed E-state index contributed by atoms with van der Waals surface area (Å²) in [5.74, 6) is -0.584. The molecule has 0 atom stereocenters. The molecule has 0 bridgehead atoms. The summed E-state index contributed by atoms with van der Waals surface area (Å²) in [5, 5.41) is 0. The van der Waals surface area contributed by atoms with Gasteiger partial charge < -0.3 is 0 Å². The second-order valence-corrected chi connectivity index (χ2v) is 5.49. The van der Waals surface area contributed by atoms with E-state index in [2.05, 4.69) is 0 Å². The van der Waals surface area contributed by atoms with Crippen molar-refractivity contribution in [1.29, 1.82) is 0 Å². The molecule has 2 heteroatoms. The predicted octanol–water partition coefficient (Wildman–Crippen LogP) is 5.92. The van der Waals surface area contributed by atoms with Crippen molar-refractivity contribution < 1.29 is 8.78 Å². The van der Waals surface area contributed by atoms with E-state index in [0.717, 1.165) is 11.1 Å². The van der Waals surface area contributed by atoms with Gasteiger partial charge in [0, 0.05) is 5.56 Å². The van der Waals surface area contributed by atoms with Crippen LogP contribution in [0.4, 0.5) is 8.78 Å². The molecule has 0 aliphatic heterocycles. The molecule has 0 unspecified atom stereocenters. The van der Waals surface area contributed by atoms with Crippen LogP contribution in [0.3, 0.4) is 0 Å². The van der Waals surface area contributed by atoms with Crippen molar-refractivity contribution in [3.8, 4) is 22.3 Å². The Kier molecular flexibility index (Phi) is 3.76. The van der Waals surface area contributed by atoms with Crippen LogP contribution in [0.15, 0.2) is 60.7 Å². The first-order valence-electron chi connectivity index (χ1n) is 7.18. The lowest BCUT2D eigenvalue weighted by Crippen LogP contribution is -1.91. The quantitative estimate of drug-likeness (QED) is 0.550. The molecule has 0 aliphatic carbocycles. The number of hydrogen-bond acceptors (Lipinski definition) is 0. The molecule has 0 nitrogen and oxygen atoms in total. The number of benzene rings is 3. The minimum atomic E-state index is -0.303. The Hall–Kier alpha value is -2.48. The summed E-state index contributed by atoms with van der Waals surface area (Å²) >= 11 is 0. The Labute approximate surface area is 129 Å². The van der Waals surface area contributed by atoms with Crippen LogP contribution in [0.1, 0.15) is 11.1 Å². The molecule has 110 valence electrons. The highest BCUT2D eigenvalue weighted by molar-refractivity contribution is 5.84. The van der Waals surface area contributed by atoms with Crippen molar-refractivity contribution in [2.75, 3.05) is 0 Å². The van der Waals surface area contributed by atoms with E-state index in [1.807, 2.05) is 43.3 Å². The van der Waals surface area contributed by atoms with Gasteiger partial charge in [-0.15, -0.1) is 0 Å². The highest BCUT2D eigenvalue weighted by Gasteiger charge is 2.13. The van der Waals surface area contributed by atoms with Gasteiger partial charge in [-0.25, -0.2) is 8.78 Å². The van der Waals surface area contributed by atoms with Gasteiger partial charge in [0.1, 0.15) is 11.6 Å². The van der Waals surface area contributed by atoms with Gasteiger partial charge in [-0.1, -0.05) is 54.1 Å². The molecule has 0 spiro atoms. The summed E-state index contributed by atoms with van der Waals surface area (Å²) in [7, 11) is 0. The topological polar surface area (TPSA) is 0 Å². The van der Waals surface area contributed by atoms with E-state index in [0.29, 0.717) is 22.3 Å². The summed E-state index contributed by atoms with van der Waals surface area (Å²) in [4.78, 5) is 0. The van der Waals surface area contributed by atoms with Crippen molar-refractivity contribution in [2.45, 2.75) is 13.8 Å². The first kappa shape index (κ1) is 14.5. The van der Waals surface area contributed by atoms with Gasteiger partial charge in [-0.3, -0.25) is 0 Å². The highest BCUT2D eigenvalue weighted by atomic mass is 19.1. The lowest BCUT2D eigenvalue weighted by molar-refractivity contribution is 0.618. The van der Waals surface area contributed by atoms with Crippen LogP contribution in [0.2, 0.25) is 0 Å². The predicted molar refractivity (Wildman–Crippen MR) is 86.7 cm³/mol. The van der Waals surface area contributed by atoms with Gasteiger partial charge in [0.2, 0.25) is 0 Å². The Morgan fingerprint density at radius 1 is 0.682 bits per heavy atom.